The highest BCUT2D eigenvalue weighted by molar-refractivity contribution is 4.86. The SMILES string of the molecule is CCNC(CC1CCCC1)C(C)(C)CC. The van der Waals surface area contributed by atoms with Crippen LogP contribution in [0.4, 0.5) is 0 Å². The van der Waals surface area contributed by atoms with Gasteiger partial charge in [0.2, 0.25) is 0 Å². The Morgan fingerprint density at radius 3 is 2.27 bits per heavy atom. The van der Waals surface area contributed by atoms with Gasteiger partial charge in [-0.1, -0.05) is 53.4 Å². The first-order chi connectivity index (χ1) is 7.10. The van der Waals surface area contributed by atoms with Crippen molar-refractivity contribution in [3.8, 4) is 0 Å². The Bertz CT molecular complexity index is 168. The van der Waals surface area contributed by atoms with E-state index in [-0.39, 0.29) is 0 Å². The molecule has 1 fully saturated rings. The van der Waals surface area contributed by atoms with Crippen LogP contribution in [0.25, 0.3) is 0 Å². The summed E-state index contributed by atoms with van der Waals surface area (Å²) in [5, 5.41) is 3.70. The molecule has 1 aliphatic carbocycles. The van der Waals surface area contributed by atoms with Crippen molar-refractivity contribution in [1.29, 1.82) is 0 Å². The first kappa shape index (κ1) is 13.0. The predicted octanol–water partition coefficient (Wildman–Crippen LogP) is 3.98. The van der Waals surface area contributed by atoms with E-state index in [1.54, 1.807) is 0 Å². The summed E-state index contributed by atoms with van der Waals surface area (Å²) in [5.74, 6) is 1.000. The molecule has 1 heteroatoms. The topological polar surface area (TPSA) is 12.0 Å². The number of nitrogens with one attached hydrogen (secondary N) is 1. The van der Waals surface area contributed by atoms with Crippen molar-refractivity contribution in [1.82, 2.24) is 5.32 Å². The van der Waals surface area contributed by atoms with E-state index in [0.717, 1.165) is 18.5 Å². The molecule has 0 radical (unpaired) electrons. The molecule has 1 saturated carbocycles. The Balaban J connectivity index is 2.48. The second kappa shape index (κ2) is 5.89. The molecule has 0 spiro atoms. The summed E-state index contributed by atoms with van der Waals surface area (Å²) in [6.07, 6.45) is 8.56. The number of rotatable bonds is 6. The van der Waals surface area contributed by atoms with Crippen LogP contribution in [0.3, 0.4) is 0 Å². The van der Waals surface area contributed by atoms with Crippen LogP contribution in [0.1, 0.15) is 66.2 Å². The van der Waals surface area contributed by atoms with Crippen LogP contribution < -0.4 is 5.32 Å². The zero-order valence-corrected chi connectivity index (χ0v) is 11.1. The molecule has 0 bridgehead atoms. The molecule has 15 heavy (non-hydrogen) atoms. The van der Waals surface area contributed by atoms with Gasteiger partial charge in [-0.05, 0) is 30.7 Å². The van der Waals surface area contributed by atoms with Gasteiger partial charge in [0, 0.05) is 6.04 Å². The maximum Gasteiger partial charge on any atom is 0.0121 e. The van der Waals surface area contributed by atoms with Crippen LogP contribution in [0.2, 0.25) is 0 Å². The Hall–Kier alpha value is -0.0400. The van der Waals surface area contributed by atoms with Gasteiger partial charge in [-0.2, -0.15) is 0 Å². The molecule has 90 valence electrons. The van der Waals surface area contributed by atoms with Crippen LogP contribution in [-0.2, 0) is 0 Å². The summed E-state index contributed by atoms with van der Waals surface area (Å²) in [4.78, 5) is 0. The molecule has 1 rings (SSSR count). The molecule has 0 aromatic heterocycles. The smallest absolute Gasteiger partial charge is 0.0121 e. The monoisotopic (exact) mass is 211 g/mol. The summed E-state index contributed by atoms with van der Waals surface area (Å²) in [6, 6.07) is 0.718. The third-order valence-corrected chi connectivity index (χ3v) is 4.35. The zero-order chi connectivity index (χ0) is 11.3. The average Bonchev–Trinajstić information content (AvgIpc) is 2.70. The lowest BCUT2D eigenvalue weighted by Gasteiger charge is -2.36. The van der Waals surface area contributed by atoms with Crippen LogP contribution in [0.15, 0.2) is 0 Å². The molecular formula is C14H29N. The molecule has 0 amide bonds. The van der Waals surface area contributed by atoms with Crippen molar-refractivity contribution in [2.45, 2.75) is 72.3 Å². The van der Waals surface area contributed by atoms with Crippen LogP contribution in [0.5, 0.6) is 0 Å². The summed E-state index contributed by atoms with van der Waals surface area (Å²) in [5.41, 5.74) is 0.457. The van der Waals surface area contributed by atoms with Crippen molar-refractivity contribution in [3.05, 3.63) is 0 Å². The van der Waals surface area contributed by atoms with E-state index >= 15 is 0 Å². The minimum atomic E-state index is 0.457. The van der Waals surface area contributed by atoms with E-state index < -0.39 is 0 Å². The quantitative estimate of drug-likeness (QED) is 0.700. The standard InChI is InChI=1S/C14H29N/c1-5-14(3,4)13(15-6-2)11-12-9-7-8-10-12/h12-13,15H,5-11H2,1-4H3. The fourth-order valence-corrected chi connectivity index (χ4v) is 2.75. The molecule has 1 atom stereocenters. The highest BCUT2D eigenvalue weighted by Gasteiger charge is 2.30. The highest BCUT2D eigenvalue weighted by Crippen LogP contribution is 2.35. The maximum absolute atomic E-state index is 3.70. The first-order valence-electron chi connectivity index (χ1n) is 6.83. The Morgan fingerprint density at radius 2 is 1.80 bits per heavy atom. The fourth-order valence-electron chi connectivity index (χ4n) is 2.75. The maximum atomic E-state index is 3.70. The van der Waals surface area contributed by atoms with Crippen LogP contribution >= 0.6 is 0 Å². The molecule has 0 aliphatic heterocycles. The largest absolute Gasteiger partial charge is 0.314 e. The summed E-state index contributed by atoms with van der Waals surface area (Å²) < 4.78 is 0. The van der Waals surface area contributed by atoms with E-state index in [9.17, 15) is 0 Å². The normalized spacial score (nSPS) is 20.8. The van der Waals surface area contributed by atoms with Crippen molar-refractivity contribution in [2.24, 2.45) is 11.3 Å². The Morgan fingerprint density at radius 1 is 1.20 bits per heavy atom. The lowest BCUT2D eigenvalue weighted by molar-refractivity contribution is 0.199. The van der Waals surface area contributed by atoms with Crippen molar-refractivity contribution < 1.29 is 0 Å². The Labute approximate surface area is 96.0 Å². The van der Waals surface area contributed by atoms with Gasteiger partial charge in [0.1, 0.15) is 0 Å². The van der Waals surface area contributed by atoms with Crippen molar-refractivity contribution in [3.63, 3.8) is 0 Å². The lowest BCUT2D eigenvalue weighted by atomic mass is 9.77. The molecule has 1 N–H and O–H groups in total. The first-order valence-corrected chi connectivity index (χ1v) is 6.83. The molecule has 0 aromatic carbocycles. The molecule has 1 aliphatic rings. The van der Waals surface area contributed by atoms with Gasteiger partial charge in [-0.25, -0.2) is 0 Å². The van der Waals surface area contributed by atoms with Crippen molar-refractivity contribution >= 4 is 0 Å². The van der Waals surface area contributed by atoms with Gasteiger partial charge in [0.05, 0.1) is 0 Å². The van der Waals surface area contributed by atoms with E-state index in [1.807, 2.05) is 0 Å². The molecule has 0 heterocycles. The fraction of sp³-hybridized carbons (Fsp3) is 1.00. The second-order valence-electron chi connectivity index (χ2n) is 5.84. The third-order valence-electron chi connectivity index (χ3n) is 4.35. The van der Waals surface area contributed by atoms with Gasteiger partial charge in [-0.15, -0.1) is 0 Å². The minimum Gasteiger partial charge on any atom is -0.314 e. The van der Waals surface area contributed by atoms with Crippen LogP contribution in [0, 0.1) is 11.3 Å². The average molecular weight is 211 g/mol. The van der Waals surface area contributed by atoms with Crippen LogP contribution in [-0.4, -0.2) is 12.6 Å². The van der Waals surface area contributed by atoms with E-state index in [2.05, 4.69) is 33.0 Å². The molecule has 0 aromatic rings. The molecule has 1 nitrogen and oxygen atoms in total. The van der Waals surface area contributed by atoms with E-state index in [1.165, 1.54) is 38.5 Å². The summed E-state index contributed by atoms with van der Waals surface area (Å²) in [6.45, 7) is 10.5. The zero-order valence-electron chi connectivity index (χ0n) is 11.1. The van der Waals surface area contributed by atoms with Gasteiger partial charge >= 0.3 is 0 Å². The number of hydrogen-bond acceptors (Lipinski definition) is 1. The van der Waals surface area contributed by atoms with E-state index in [0.29, 0.717) is 5.41 Å². The van der Waals surface area contributed by atoms with Crippen molar-refractivity contribution in [2.75, 3.05) is 6.54 Å². The van der Waals surface area contributed by atoms with Gasteiger partial charge in [0.25, 0.3) is 0 Å². The van der Waals surface area contributed by atoms with Gasteiger partial charge in [0.15, 0.2) is 0 Å². The highest BCUT2D eigenvalue weighted by atomic mass is 14.9. The summed E-state index contributed by atoms with van der Waals surface area (Å²) in [7, 11) is 0. The minimum absolute atomic E-state index is 0.457. The molecule has 1 unspecified atom stereocenters. The summed E-state index contributed by atoms with van der Waals surface area (Å²) >= 11 is 0. The van der Waals surface area contributed by atoms with E-state index in [4.69, 9.17) is 0 Å². The molecular weight excluding hydrogens is 182 g/mol. The lowest BCUT2D eigenvalue weighted by Crippen LogP contribution is -2.42. The van der Waals surface area contributed by atoms with Gasteiger partial charge < -0.3 is 5.32 Å². The Kier molecular flexibility index (Phi) is 5.11. The second-order valence-corrected chi connectivity index (χ2v) is 5.84. The molecule has 0 saturated heterocycles. The predicted molar refractivity (Wildman–Crippen MR) is 68.1 cm³/mol. The number of hydrogen-bond donors (Lipinski definition) is 1. The van der Waals surface area contributed by atoms with Gasteiger partial charge in [-0.3, -0.25) is 0 Å². The third kappa shape index (κ3) is 3.79.